The quantitative estimate of drug-likeness (QED) is 0.723. The molecule has 0 aliphatic heterocycles. The molecule has 0 aliphatic carbocycles. The van der Waals surface area contributed by atoms with Crippen molar-refractivity contribution in [3.05, 3.63) is 34.9 Å². The van der Waals surface area contributed by atoms with Crippen molar-refractivity contribution < 1.29 is 9.59 Å². The first-order valence-electron chi connectivity index (χ1n) is 5.97. The maximum absolute atomic E-state index is 11.8. The smallest absolute Gasteiger partial charge is 0.247 e. The van der Waals surface area contributed by atoms with E-state index in [1.165, 1.54) is 0 Å². The minimum atomic E-state index is -1.28. The highest BCUT2D eigenvalue weighted by molar-refractivity contribution is 6.30. The van der Waals surface area contributed by atoms with Crippen molar-refractivity contribution in [2.24, 2.45) is 11.5 Å². The van der Waals surface area contributed by atoms with Crippen LogP contribution in [0.25, 0.3) is 0 Å². The fraction of sp³-hybridized carbons (Fsp3) is 0.385. The lowest BCUT2D eigenvalue weighted by atomic mass is 9.91. The Morgan fingerprint density at radius 1 is 1.42 bits per heavy atom. The molecule has 1 unspecified atom stereocenters. The van der Waals surface area contributed by atoms with Crippen LogP contribution in [0.5, 0.6) is 0 Å². The Balaban J connectivity index is 2.98. The lowest BCUT2D eigenvalue weighted by Gasteiger charge is -2.28. The molecule has 0 spiro atoms. The maximum Gasteiger partial charge on any atom is 0.247 e. The largest absolute Gasteiger partial charge is 0.367 e. The van der Waals surface area contributed by atoms with E-state index in [4.69, 9.17) is 23.1 Å². The zero-order chi connectivity index (χ0) is 14.5. The Morgan fingerprint density at radius 3 is 2.63 bits per heavy atom. The van der Waals surface area contributed by atoms with Gasteiger partial charge >= 0.3 is 0 Å². The molecule has 5 N–H and O–H groups in total. The molecule has 0 fully saturated rings. The van der Waals surface area contributed by atoms with Gasteiger partial charge in [0.05, 0.1) is 0 Å². The van der Waals surface area contributed by atoms with Crippen LogP contribution < -0.4 is 16.8 Å². The van der Waals surface area contributed by atoms with Crippen molar-refractivity contribution >= 4 is 23.4 Å². The van der Waals surface area contributed by atoms with Crippen molar-refractivity contribution in [3.8, 4) is 0 Å². The van der Waals surface area contributed by atoms with Gasteiger partial charge in [0.2, 0.25) is 11.8 Å². The van der Waals surface area contributed by atoms with Crippen molar-refractivity contribution in [3.63, 3.8) is 0 Å². The van der Waals surface area contributed by atoms with Crippen molar-refractivity contribution in [2.75, 3.05) is 6.54 Å². The Bertz CT molecular complexity index is 479. The first-order chi connectivity index (χ1) is 8.90. The molecule has 5 nitrogen and oxygen atoms in total. The van der Waals surface area contributed by atoms with Crippen LogP contribution in [0.3, 0.4) is 0 Å². The topological polar surface area (TPSA) is 98.2 Å². The second-order valence-electron chi connectivity index (χ2n) is 4.44. The van der Waals surface area contributed by atoms with Crippen LogP contribution >= 0.6 is 11.6 Å². The highest BCUT2D eigenvalue weighted by Gasteiger charge is 2.34. The first-order valence-corrected chi connectivity index (χ1v) is 6.35. The third kappa shape index (κ3) is 3.94. The number of primary amides is 1. The van der Waals surface area contributed by atoms with Crippen LogP contribution in [0.4, 0.5) is 0 Å². The summed E-state index contributed by atoms with van der Waals surface area (Å²) in [6.07, 6.45) is 0.802. The minimum Gasteiger partial charge on any atom is -0.367 e. The van der Waals surface area contributed by atoms with Gasteiger partial charge in [0.1, 0.15) is 5.54 Å². The van der Waals surface area contributed by atoms with Gasteiger partial charge in [0.25, 0.3) is 0 Å². The summed E-state index contributed by atoms with van der Waals surface area (Å²) in [4.78, 5) is 23.5. The van der Waals surface area contributed by atoms with E-state index in [-0.39, 0.29) is 12.3 Å². The van der Waals surface area contributed by atoms with Crippen LogP contribution in [0.1, 0.15) is 25.3 Å². The molecule has 0 radical (unpaired) electrons. The summed E-state index contributed by atoms with van der Waals surface area (Å²) in [7, 11) is 0. The van der Waals surface area contributed by atoms with Crippen LogP contribution in [-0.4, -0.2) is 18.4 Å². The fourth-order valence-corrected chi connectivity index (χ4v) is 1.87. The van der Waals surface area contributed by atoms with Gasteiger partial charge in [-0.3, -0.25) is 9.59 Å². The standard InChI is InChI=1S/C13H18ClN3O2/c1-13(12(16)19,17-11(18)6-3-7-15)9-4-2-5-10(14)8-9/h2,4-5,8H,3,6-7,15H2,1H3,(H2,16,19)(H,17,18). The minimum absolute atomic E-state index is 0.250. The number of benzene rings is 1. The monoisotopic (exact) mass is 283 g/mol. The predicted molar refractivity (Wildman–Crippen MR) is 74.4 cm³/mol. The van der Waals surface area contributed by atoms with Gasteiger partial charge in [-0.1, -0.05) is 23.7 Å². The van der Waals surface area contributed by atoms with Gasteiger partial charge in [-0.05, 0) is 37.6 Å². The highest BCUT2D eigenvalue weighted by Crippen LogP contribution is 2.23. The Hall–Kier alpha value is -1.59. The van der Waals surface area contributed by atoms with E-state index in [1.54, 1.807) is 31.2 Å². The number of amides is 2. The Labute approximate surface area is 117 Å². The molecule has 0 saturated carbocycles. The van der Waals surface area contributed by atoms with Gasteiger partial charge in [-0.25, -0.2) is 0 Å². The molecule has 1 aromatic carbocycles. The highest BCUT2D eigenvalue weighted by atomic mass is 35.5. The summed E-state index contributed by atoms with van der Waals surface area (Å²) < 4.78 is 0. The molecule has 1 atom stereocenters. The molecule has 0 heterocycles. The number of hydrogen-bond acceptors (Lipinski definition) is 3. The van der Waals surface area contributed by atoms with Crippen molar-refractivity contribution in [2.45, 2.75) is 25.3 Å². The Kier molecular flexibility index (Phi) is 5.32. The van der Waals surface area contributed by atoms with Gasteiger partial charge < -0.3 is 16.8 Å². The van der Waals surface area contributed by atoms with E-state index in [1.807, 2.05) is 0 Å². The van der Waals surface area contributed by atoms with E-state index in [0.29, 0.717) is 23.6 Å². The summed E-state index contributed by atoms with van der Waals surface area (Å²) in [5.74, 6) is -0.914. The number of nitrogens with one attached hydrogen (secondary N) is 1. The molecule has 1 aromatic rings. The average molecular weight is 284 g/mol. The molecule has 2 amide bonds. The number of nitrogens with two attached hydrogens (primary N) is 2. The summed E-state index contributed by atoms with van der Waals surface area (Å²) in [5, 5.41) is 3.12. The second kappa shape index (κ2) is 6.54. The third-order valence-corrected chi connectivity index (χ3v) is 3.13. The van der Waals surface area contributed by atoms with E-state index in [9.17, 15) is 9.59 Å². The van der Waals surface area contributed by atoms with E-state index in [2.05, 4.69) is 5.32 Å². The summed E-state index contributed by atoms with van der Waals surface area (Å²) >= 11 is 5.89. The molecular weight excluding hydrogens is 266 g/mol. The SMILES string of the molecule is CC(NC(=O)CCCN)(C(N)=O)c1cccc(Cl)c1. The van der Waals surface area contributed by atoms with E-state index >= 15 is 0 Å². The predicted octanol–water partition coefficient (Wildman–Crippen LogP) is 0.896. The number of hydrogen-bond donors (Lipinski definition) is 3. The van der Waals surface area contributed by atoms with Crippen LogP contribution in [0.2, 0.25) is 5.02 Å². The molecule has 19 heavy (non-hydrogen) atoms. The lowest BCUT2D eigenvalue weighted by Crippen LogP contribution is -2.52. The number of halogens is 1. The molecule has 6 heteroatoms. The first kappa shape index (κ1) is 15.5. The second-order valence-corrected chi connectivity index (χ2v) is 4.88. The molecule has 0 aliphatic rings. The molecular formula is C13H18ClN3O2. The van der Waals surface area contributed by atoms with Crippen molar-refractivity contribution in [1.29, 1.82) is 0 Å². The van der Waals surface area contributed by atoms with Crippen LogP contribution in [0.15, 0.2) is 24.3 Å². The van der Waals surface area contributed by atoms with Gasteiger partial charge in [-0.15, -0.1) is 0 Å². The summed E-state index contributed by atoms with van der Waals surface area (Å²) in [5.41, 5.74) is 10.0. The maximum atomic E-state index is 11.8. The van der Waals surface area contributed by atoms with Gasteiger partial charge in [0, 0.05) is 11.4 Å². The average Bonchev–Trinajstić information content (AvgIpc) is 2.36. The number of rotatable bonds is 6. The number of carbonyl (C=O) groups is 2. The van der Waals surface area contributed by atoms with Crippen LogP contribution in [-0.2, 0) is 15.1 Å². The normalized spacial score (nSPS) is 13.6. The zero-order valence-electron chi connectivity index (χ0n) is 10.8. The number of carbonyl (C=O) groups excluding carboxylic acids is 2. The lowest BCUT2D eigenvalue weighted by molar-refractivity contribution is -0.131. The summed E-state index contributed by atoms with van der Waals surface area (Å²) in [6.45, 7) is 1.97. The zero-order valence-corrected chi connectivity index (χ0v) is 11.5. The van der Waals surface area contributed by atoms with Gasteiger partial charge in [0.15, 0.2) is 0 Å². The summed E-state index contributed by atoms with van der Waals surface area (Å²) in [6, 6.07) is 6.68. The van der Waals surface area contributed by atoms with Gasteiger partial charge in [-0.2, -0.15) is 0 Å². The molecule has 0 saturated heterocycles. The van der Waals surface area contributed by atoms with Crippen molar-refractivity contribution in [1.82, 2.24) is 5.32 Å². The molecule has 0 aromatic heterocycles. The Morgan fingerprint density at radius 2 is 2.11 bits per heavy atom. The van der Waals surface area contributed by atoms with E-state index in [0.717, 1.165) is 0 Å². The molecule has 1 rings (SSSR count). The fourth-order valence-electron chi connectivity index (χ4n) is 1.68. The third-order valence-electron chi connectivity index (χ3n) is 2.89. The molecule has 0 bridgehead atoms. The van der Waals surface area contributed by atoms with Crippen LogP contribution in [0, 0.1) is 0 Å². The molecule has 104 valence electrons. The van der Waals surface area contributed by atoms with E-state index < -0.39 is 11.4 Å².